The van der Waals surface area contributed by atoms with Crippen molar-refractivity contribution in [1.29, 1.82) is 0 Å². The highest BCUT2D eigenvalue weighted by Gasteiger charge is 2.71. The highest BCUT2D eigenvalue weighted by molar-refractivity contribution is 5.95. The molecule has 0 aromatic rings. The van der Waals surface area contributed by atoms with Gasteiger partial charge in [0.2, 0.25) is 0 Å². The number of ketones is 1. The van der Waals surface area contributed by atoms with Crippen LogP contribution in [0.4, 0.5) is 0 Å². The van der Waals surface area contributed by atoms with Crippen molar-refractivity contribution >= 4 is 23.7 Å². The van der Waals surface area contributed by atoms with E-state index in [0.717, 1.165) is 37.7 Å². The summed E-state index contributed by atoms with van der Waals surface area (Å²) >= 11 is 0. The number of ether oxygens (including phenoxy) is 4. The molecule has 9 unspecified atom stereocenters. The summed E-state index contributed by atoms with van der Waals surface area (Å²) in [5.41, 5.74) is -1.81. The maximum atomic E-state index is 14.8. The van der Waals surface area contributed by atoms with Gasteiger partial charge in [0.25, 0.3) is 0 Å². The molecule has 7 aliphatic rings. The number of rotatable bonds is 7. The Morgan fingerprint density at radius 2 is 1.28 bits per heavy atom. The SMILES string of the molecule is CC1(C)C(OC2O[C@H](C(=O)O)[C@@H](O)[C@H](O)C2OC2O[C@H](C(=O)O)[C@@H](O)C(O)[C@H]2O)CCC2(C)C1CC[C@]1(C)C2C(=O)C=C2C3C[C@@](C)(C(=O)O)CC[C@]3(C)CC[C@]21C. The molecule has 0 radical (unpaired) electrons. The third-order valence-corrected chi connectivity index (χ3v) is 17.2. The average Bonchev–Trinajstić information content (AvgIpc) is 3.13. The molecule has 58 heavy (non-hydrogen) atoms. The van der Waals surface area contributed by atoms with Crippen LogP contribution in [-0.2, 0) is 38.1 Å². The Kier molecular flexibility index (Phi) is 10.7. The molecule has 2 aliphatic heterocycles. The van der Waals surface area contributed by atoms with E-state index in [1.165, 1.54) is 0 Å². The van der Waals surface area contributed by atoms with Gasteiger partial charge in [0.15, 0.2) is 30.6 Å². The molecule has 2 heterocycles. The number of aliphatic hydroxyl groups excluding tert-OH is 5. The van der Waals surface area contributed by atoms with Crippen LogP contribution in [0, 0.1) is 50.2 Å². The topological polar surface area (TPSA) is 267 Å². The number of carboxylic acid groups (broad SMARTS) is 3. The van der Waals surface area contributed by atoms with Gasteiger partial charge in [-0.3, -0.25) is 9.59 Å². The summed E-state index contributed by atoms with van der Waals surface area (Å²) < 4.78 is 23.4. The van der Waals surface area contributed by atoms with E-state index < -0.39 is 107 Å². The van der Waals surface area contributed by atoms with Crippen molar-refractivity contribution in [2.75, 3.05) is 0 Å². The van der Waals surface area contributed by atoms with Gasteiger partial charge in [0.1, 0.15) is 36.6 Å². The van der Waals surface area contributed by atoms with Crippen LogP contribution in [0.5, 0.6) is 0 Å². The van der Waals surface area contributed by atoms with Crippen molar-refractivity contribution in [2.45, 2.75) is 174 Å². The molecule has 0 spiro atoms. The quantitative estimate of drug-likeness (QED) is 0.171. The van der Waals surface area contributed by atoms with Crippen molar-refractivity contribution in [3.63, 3.8) is 0 Å². The monoisotopic (exact) mass is 822 g/mol. The molecular formula is C42H62O16. The van der Waals surface area contributed by atoms with Crippen LogP contribution < -0.4 is 0 Å². The standard InChI is InChI=1S/C42H62O16/c1-37(2)21-8-11-42(7)31(20(43)16-18-19-17-39(4,36(53)54)13-12-38(19,3)14-15-41(18,42)6)40(21,5)10-9-22(37)55-35-30(26(47)25(46)29(57-35)33(51)52)58-34-27(48)23(44)24(45)28(56-34)32(49)50/h16,19,21-31,34-35,44-48H,8-15,17H2,1-7H3,(H,49,50)(H,51,52)(H,53,54)/t19?,21?,22?,23?,24-,25-,26-,27+,28-,29-,30?,31?,34?,35?,38+,39-,40?,41+,42+/m0/s1. The molecule has 4 saturated carbocycles. The number of aliphatic carboxylic acids is 3. The molecule has 0 bridgehead atoms. The van der Waals surface area contributed by atoms with Gasteiger partial charge in [-0.25, -0.2) is 9.59 Å². The summed E-state index contributed by atoms with van der Waals surface area (Å²) in [6.07, 6.45) is -12.2. The molecule has 0 aromatic heterocycles. The van der Waals surface area contributed by atoms with E-state index >= 15 is 0 Å². The fourth-order valence-corrected chi connectivity index (χ4v) is 13.4. The molecule has 0 aromatic carbocycles. The van der Waals surface area contributed by atoms with Gasteiger partial charge in [-0.15, -0.1) is 0 Å². The third-order valence-electron chi connectivity index (χ3n) is 17.2. The Balaban J connectivity index is 1.17. The zero-order valence-corrected chi connectivity index (χ0v) is 34.4. The maximum Gasteiger partial charge on any atom is 0.335 e. The molecule has 16 nitrogen and oxygen atoms in total. The van der Waals surface area contributed by atoms with Crippen LogP contribution in [0.3, 0.4) is 0 Å². The van der Waals surface area contributed by atoms with Crippen molar-refractivity contribution < 1.29 is 79.0 Å². The zero-order chi connectivity index (χ0) is 42.9. The summed E-state index contributed by atoms with van der Waals surface area (Å²) in [7, 11) is 0. The normalized spacial score (nSPS) is 52.6. The fraction of sp³-hybridized carbons (Fsp3) is 0.857. The zero-order valence-electron chi connectivity index (χ0n) is 34.4. The number of hydrogen-bond donors (Lipinski definition) is 8. The molecule has 8 N–H and O–H groups in total. The van der Waals surface area contributed by atoms with Crippen LogP contribution >= 0.6 is 0 Å². The lowest BCUT2D eigenvalue weighted by atomic mass is 9.33. The van der Waals surface area contributed by atoms with Gasteiger partial charge in [-0.2, -0.15) is 0 Å². The number of carboxylic acids is 3. The molecule has 7 rings (SSSR count). The summed E-state index contributed by atoms with van der Waals surface area (Å²) in [5, 5.41) is 83.0. The van der Waals surface area contributed by atoms with Gasteiger partial charge in [0.05, 0.1) is 11.5 Å². The third kappa shape index (κ3) is 6.25. The highest BCUT2D eigenvalue weighted by Crippen LogP contribution is 2.75. The predicted molar refractivity (Wildman–Crippen MR) is 199 cm³/mol. The Labute approximate surface area is 337 Å². The van der Waals surface area contributed by atoms with Gasteiger partial charge in [-0.05, 0) is 110 Å². The lowest BCUT2D eigenvalue weighted by molar-refractivity contribution is -0.371. The number of aliphatic hydroxyl groups is 5. The summed E-state index contributed by atoms with van der Waals surface area (Å²) in [6, 6.07) is 0. The second kappa shape index (κ2) is 14.3. The van der Waals surface area contributed by atoms with E-state index in [9.17, 15) is 60.0 Å². The minimum atomic E-state index is -2.05. The van der Waals surface area contributed by atoms with E-state index in [0.29, 0.717) is 25.7 Å². The second-order valence-electron chi connectivity index (χ2n) is 20.6. The Bertz CT molecular complexity index is 1730. The number of carbonyl (C=O) groups excluding carboxylic acids is 1. The summed E-state index contributed by atoms with van der Waals surface area (Å²) in [4.78, 5) is 51.3. The Morgan fingerprint density at radius 3 is 1.88 bits per heavy atom. The number of carbonyl (C=O) groups is 4. The Hall–Kier alpha value is -2.54. The van der Waals surface area contributed by atoms with Gasteiger partial charge in [0, 0.05) is 5.92 Å². The minimum absolute atomic E-state index is 0.0217. The first-order valence-electron chi connectivity index (χ1n) is 20.7. The van der Waals surface area contributed by atoms with Gasteiger partial charge < -0.3 is 59.8 Å². The van der Waals surface area contributed by atoms with E-state index in [2.05, 4.69) is 27.7 Å². The smallest absolute Gasteiger partial charge is 0.335 e. The van der Waals surface area contributed by atoms with Crippen LogP contribution in [0.1, 0.15) is 106 Å². The number of fused-ring (bicyclic) bond motifs is 7. The van der Waals surface area contributed by atoms with Crippen molar-refractivity contribution in [2.24, 2.45) is 50.2 Å². The molecule has 326 valence electrons. The molecule has 6 fully saturated rings. The maximum absolute atomic E-state index is 14.8. The average molecular weight is 823 g/mol. The Morgan fingerprint density at radius 1 is 0.690 bits per heavy atom. The van der Waals surface area contributed by atoms with Gasteiger partial charge in [-0.1, -0.05) is 47.1 Å². The van der Waals surface area contributed by atoms with E-state index in [1.807, 2.05) is 26.8 Å². The summed E-state index contributed by atoms with van der Waals surface area (Å²) in [5.74, 6) is -4.47. The van der Waals surface area contributed by atoms with E-state index in [1.54, 1.807) is 0 Å². The van der Waals surface area contributed by atoms with Crippen molar-refractivity contribution in [3.05, 3.63) is 11.6 Å². The molecule has 19 atom stereocenters. The first kappa shape index (κ1) is 43.5. The molecule has 16 heteroatoms. The molecule has 2 saturated heterocycles. The lowest BCUT2D eigenvalue weighted by Gasteiger charge is -2.70. The largest absolute Gasteiger partial charge is 0.481 e. The number of allylic oxidation sites excluding steroid dienone is 2. The van der Waals surface area contributed by atoms with Crippen LogP contribution in [0.2, 0.25) is 0 Å². The lowest BCUT2D eigenvalue weighted by Crippen LogP contribution is -2.68. The van der Waals surface area contributed by atoms with E-state index in [4.69, 9.17) is 18.9 Å². The molecule has 5 aliphatic carbocycles. The molecule has 0 amide bonds. The first-order valence-corrected chi connectivity index (χ1v) is 20.7. The van der Waals surface area contributed by atoms with Crippen molar-refractivity contribution in [3.8, 4) is 0 Å². The molecular weight excluding hydrogens is 760 g/mol. The van der Waals surface area contributed by atoms with Crippen LogP contribution in [-0.4, -0.2) is 132 Å². The van der Waals surface area contributed by atoms with Crippen LogP contribution in [0.15, 0.2) is 11.6 Å². The minimum Gasteiger partial charge on any atom is -0.481 e. The van der Waals surface area contributed by atoms with Gasteiger partial charge >= 0.3 is 17.9 Å². The fourth-order valence-electron chi connectivity index (χ4n) is 13.4. The number of hydrogen-bond acceptors (Lipinski definition) is 13. The predicted octanol–water partition coefficient (Wildman–Crippen LogP) is 2.25. The van der Waals surface area contributed by atoms with Crippen LogP contribution in [0.25, 0.3) is 0 Å². The van der Waals surface area contributed by atoms with E-state index in [-0.39, 0.29) is 34.4 Å². The summed E-state index contributed by atoms with van der Waals surface area (Å²) in [6.45, 7) is 14.8. The highest BCUT2D eigenvalue weighted by atomic mass is 16.8. The first-order chi connectivity index (χ1) is 26.8. The second-order valence-corrected chi connectivity index (χ2v) is 20.6. The van der Waals surface area contributed by atoms with Crippen molar-refractivity contribution in [1.82, 2.24) is 0 Å².